The van der Waals surface area contributed by atoms with E-state index in [1.54, 1.807) is 31.3 Å². The zero-order chi connectivity index (χ0) is 23.4. The molecule has 9 heteroatoms. The second kappa shape index (κ2) is 9.68. The first-order valence-corrected chi connectivity index (χ1v) is 12.3. The molecule has 33 heavy (non-hydrogen) atoms. The van der Waals surface area contributed by atoms with E-state index >= 15 is 0 Å². The number of nitrogens with one attached hydrogen (secondary N) is 1. The highest BCUT2D eigenvalue weighted by molar-refractivity contribution is 7.89. The second-order valence-electron chi connectivity index (χ2n) is 8.14. The topological polar surface area (TPSA) is 112 Å². The molecule has 1 amide bonds. The molecule has 0 aliphatic heterocycles. The predicted molar refractivity (Wildman–Crippen MR) is 125 cm³/mol. The lowest BCUT2D eigenvalue weighted by atomic mass is 9.96. The number of carbonyl (C=O) groups is 1. The third-order valence-electron chi connectivity index (χ3n) is 5.90. The molecule has 3 aromatic rings. The number of rotatable bonds is 6. The van der Waals surface area contributed by atoms with Gasteiger partial charge in [0.05, 0.1) is 23.0 Å². The van der Waals surface area contributed by atoms with Crippen molar-refractivity contribution in [2.45, 2.75) is 43.0 Å². The fraction of sp³-hybridized carbons (Fsp3) is 0.292. The SMILES string of the molecule is CN(C1CCCCC1)S(=O)(=O)c1ccc(C(=O)Nc2cnc(-c3cccc(O)c3)nc2)cc1. The van der Waals surface area contributed by atoms with E-state index in [0.29, 0.717) is 22.6 Å². The molecule has 1 heterocycles. The molecule has 0 bridgehead atoms. The normalized spacial score (nSPS) is 14.8. The molecule has 2 N–H and O–H groups in total. The highest BCUT2D eigenvalue weighted by Crippen LogP contribution is 2.27. The van der Waals surface area contributed by atoms with E-state index in [4.69, 9.17) is 0 Å². The molecule has 1 saturated carbocycles. The first kappa shape index (κ1) is 22.9. The van der Waals surface area contributed by atoms with Crippen LogP contribution in [0.2, 0.25) is 0 Å². The summed E-state index contributed by atoms with van der Waals surface area (Å²) in [6.07, 6.45) is 7.94. The lowest BCUT2D eigenvalue weighted by Crippen LogP contribution is -2.38. The van der Waals surface area contributed by atoms with E-state index in [-0.39, 0.29) is 16.7 Å². The van der Waals surface area contributed by atoms with Crippen LogP contribution in [0.3, 0.4) is 0 Å². The van der Waals surface area contributed by atoms with Gasteiger partial charge in [-0.15, -0.1) is 0 Å². The third-order valence-corrected chi connectivity index (χ3v) is 7.82. The lowest BCUT2D eigenvalue weighted by Gasteiger charge is -2.30. The maximum atomic E-state index is 13.0. The van der Waals surface area contributed by atoms with Gasteiger partial charge in [0.1, 0.15) is 5.75 Å². The van der Waals surface area contributed by atoms with Gasteiger partial charge < -0.3 is 10.4 Å². The number of hydrogen-bond acceptors (Lipinski definition) is 6. The van der Waals surface area contributed by atoms with Crippen LogP contribution in [0.15, 0.2) is 65.8 Å². The first-order valence-electron chi connectivity index (χ1n) is 10.9. The number of hydrogen-bond donors (Lipinski definition) is 2. The number of benzene rings is 2. The monoisotopic (exact) mass is 466 g/mol. The molecule has 0 atom stereocenters. The molecular weight excluding hydrogens is 440 g/mol. The van der Waals surface area contributed by atoms with Gasteiger partial charge in [0.2, 0.25) is 10.0 Å². The molecule has 1 aliphatic rings. The smallest absolute Gasteiger partial charge is 0.255 e. The van der Waals surface area contributed by atoms with Crippen molar-refractivity contribution in [1.29, 1.82) is 0 Å². The number of aromatic hydroxyl groups is 1. The zero-order valence-electron chi connectivity index (χ0n) is 18.3. The molecule has 0 unspecified atom stereocenters. The Balaban J connectivity index is 1.43. The minimum atomic E-state index is -3.61. The average molecular weight is 467 g/mol. The van der Waals surface area contributed by atoms with Crippen molar-refractivity contribution in [2.75, 3.05) is 12.4 Å². The van der Waals surface area contributed by atoms with Gasteiger partial charge in [-0.25, -0.2) is 18.4 Å². The van der Waals surface area contributed by atoms with Crippen molar-refractivity contribution in [1.82, 2.24) is 14.3 Å². The maximum Gasteiger partial charge on any atom is 0.255 e. The summed E-state index contributed by atoms with van der Waals surface area (Å²) in [6.45, 7) is 0. The van der Waals surface area contributed by atoms with E-state index in [2.05, 4.69) is 15.3 Å². The van der Waals surface area contributed by atoms with E-state index < -0.39 is 15.9 Å². The zero-order valence-corrected chi connectivity index (χ0v) is 19.1. The van der Waals surface area contributed by atoms with E-state index in [1.165, 1.54) is 41.0 Å². The molecule has 8 nitrogen and oxygen atoms in total. The van der Waals surface area contributed by atoms with E-state index in [1.807, 2.05) is 0 Å². The van der Waals surface area contributed by atoms with Crippen LogP contribution in [0.25, 0.3) is 11.4 Å². The summed E-state index contributed by atoms with van der Waals surface area (Å²) in [5, 5.41) is 12.3. The summed E-state index contributed by atoms with van der Waals surface area (Å²) in [5.41, 5.74) is 1.38. The standard InChI is InChI=1S/C24H26N4O4S/c1-28(20-7-3-2-4-8-20)33(31,32)22-12-10-17(11-13-22)24(30)27-19-15-25-23(26-16-19)18-6-5-9-21(29)14-18/h5-6,9-16,20,29H,2-4,7-8H2,1H3,(H,27,30). The number of carbonyl (C=O) groups excluding carboxylic acids is 1. The Morgan fingerprint density at radius 3 is 2.33 bits per heavy atom. The van der Waals surface area contributed by atoms with Crippen LogP contribution in [0, 0.1) is 0 Å². The predicted octanol–water partition coefficient (Wildman–Crippen LogP) is 4.05. The summed E-state index contributed by atoms with van der Waals surface area (Å²) in [7, 11) is -1.98. The summed E-state index contributed by atoms with van der Waals surface area (Å²) in [5.74, 6) is 0.137. The van der Waals surface area contributed by atoms with Crippen molar-refractivity contribution in [3.63, 3.8) is 0 Å². The van der Waals surface area contributed by atoms with Crippen molar-refractivity contribution >= 4 is 21.6 Å². The molecule has 0 saturated heterocycles. The van der Waals surface area contributed by atoms with Gasteiger partial charge in [-0.1, -0.05) is 31.4 Å². The van der Waals surface area contributed by atoms with E-state index in [0.717, 1.165) is 32.1 Å². The quantitative estimate of drug-likeness (QED) is 0.567. The summed E-state index contributed by atoms with van der Waals surface area (Å²) < 4.78 is 27.4. The number of phenolic OH excluding ortho intramolecular Hbond substituents is 1. The Labute approximate surface area is 193 Å². The fourth-order valence-corrected chi connectivity index (χ4v) is 5.39. The van der Waals surface area contributed by atoms with Crippen molar-refractivity contribution in [3.8, 4) is 17.1 Å². The first-order chi connectivity index (χ1) is 15.8. The lowest BCUT2D eigenvalue weighted by molar-refractivity contribution is 0.102. The average Bonchev–Trinajstić information content (AvgIpc) is 2.84. The van der Waals surface area contributed by atoms with Gasteiger partial charge in [-0.05, 0) is 49.2 Å². The number of sulfonamides is 1. The van der Waals surface area contributed by atoms with Crippen molar-refractivity contribution in [3.05, 3.63) is 66.5 Å². The molecule has 1 aromatic heterocycles. The summed E-state index contributed by atoms with van der Waals surface area (Å²) in [4.78, 5) is 21.2. The molecule has 1 aliphatic carbocycles. The summed E-state index contributed by atoms with van der Waals surface area (Å²) >= 11 is 0. The van der Waals surface area contributed by atoms with Crippen LogP contribution in [0.4, 0.5) is 5.69 Å². The largest absolute Gasteiger partial charge is 0.508 e. The van der Waals surface area contributed by atoms with Crippen LogP contribution >= 0.6 is 0 Å². The fourth-order valence-electron chi connectivity index (χ4n) is 3.98. The summed E-state index contributed by atoms with van der Waals surface area (Å²) in [6, 6.07) is 12.5. The second-order valence-corrected chi connectivity index (χ2v) is 10.1. The minimum absolute atomic E-state index is 0.0227. The number of nitrogens with zero attached hydrogens (tertiary/aromatic N) is 3. The number of amides is 1. The maximum absolute atomic E-state index is 13.0. The number of anilines is 1. The molecular formula is C24H26N4O4S. The van der Waals surface area contributed by atoms with Gasteiger partial charge in [-0.3, -0.25) is 4.79 Å². The molecule has 1 fully saturated rings. The number of aromatic nitrogens is 2. The molecule has 2 aromatic carbocycles. The van der Waals surface area contributed by atoms with E-state index in [9.17, 15) is 18.3 Å². The van der Waals surface area contributed by atoms with Gasteiger partial charge in [0, 0.05) is 24.2 Å². The van der Waals surface area contributed by atoms with Gasteiger partial charge >= 0.3 is 0 Å². The minimum Gasteiger partial charge on any atom is -0.508 e. The van der Waals surface area contributed by atoms with Crippen LogP contribution in [-0.2, 0) is 10.0 Å². The Morgan fingerprint density at radius 2 is 1.70 bits per heavy atom. The van der Waals surface area contributed by atoms with Crippen LogP contribution in [0.1, 0.15) is 42.5 Å². The van der Waals surface area contributed by atoms with Crippen LogP contribution < -0.4 is 5.32 Å². The Kier molecular flexibility index (Phi) is 6.71. The van der Waals surface area contributed by atoms with Gasteiger partial charge in [0.15, 0.2) is 5.82 Å². The highest BCUT2D eigenvalue weighted by atomic mass is 32.2. The van der Waals surface area contributed by atoms with Gasteiger partial charge in [-0.2, -0.15) is 4.31 Å². The van der Waals surface area contributed by atoms with Crippen LogP contribution in [0.5, 0.6) is 5.75 Å². The Hall–Kier alpha value is -3.30. The van der Waals surface area contributed by atoms with Crippen molar-refractivity contribution < 1.29 is 18.3 Å². The Morgan fingerprint density at radius 1 is 1.03 bits per heavy atom. The molecule has 172 valence electrons. The number of phenols is 1. The molecule has 0 radical (unpaired) electrons. The molecule has 0 spiro atoms. The Bertz CT molecular complexity index is 1220. The van der Waals surface area contributed by atoms with Gasteiger partial charge in [0.25, 0.3) is 5.91 Å². The van der Waals surface area contributed by atoms with Crippen molar-refractivity contribution in [2.24, 2.45) is 0 Å². The molecule has 4 rings (SSSR count). The third kappa shape index (κ3) is 5.20. The van der Waals surface area contributed by atoms with Crippen LogP contribution in [-0.4, -0.2) is 46.8 Å². The highest BCUT2D eigenvalue weighted by Gasteiger charge is 2.29.